The number of aliphatic hydroxyl groups excluding tert-OH is 1. The van der Waals surface area contributed by atoms with E-state index in [9.17, 15) is 5.11 Å². The first-order chi connectivity index (χ1) is 7.66. The average molecular weight is 222 g/mol. The van der Waals surface area contributed by atoms with E-state index in [1.807, 2.05) is 0 Å². The van der Waals surface area contributed by atoms with Crippen LogP contribution in [-0.2, 0) is 0 Å². The van der Waals surface area contributed by atoms with E-state index in [-0.39, 0.29) is 6.10 Å². The zero-order valence-corrected chi connectivity index (χ0v) is 10.8. The molecule has 0 aromatic rings. The highest BCUT2D eigenvalue weighted by Gasteiger charge is 2.29. The van der Waals surface area contributed by atoms with E-state index in [1.165, 1.54) is 38.5 Å². The molecular formula is C15H26O. The van der Waals surface area contributed by atoms with Crippen LogP contribution in [0.15, 0.2) is 11.6 Å². The number of hydrogen-bond acceptors (Lipinski definition) is 1. The topological polar surface area (TPSA) is 20.2 Å². The molecule has 0 bridgehead atoms. The summed E-state index contributed by atoms with van der Waals surface area (Å²) in [5, 5.41) is 9.87. The van der Waals surface area contributed by atoms with Crippen LogP contribution in [0.25, 0.3) is 0 Å². The molecule has 0 unspecified atom stereocenters. The Morgan fingerprint density at radius 2 is 2.19 bits per heavy atom. The molecule has 0 amide bonds. The van der Waals surface area contributed by atoms with Gasteiger partial charge in [0.25, 0.3) is 0 Å². The van der Waals surface area contributed by atoms with E-state index in [1.54, 1.807) is 5.57 Å². The molecule has 0 saturated heterocycles. The molecule has 0 spiro atoms. The summed E-state index contributed by atoms with van der Waals surface area (Å²) in [4.78, 5) is 0. The highest BCUT2D eigenvalue weighted by Crippen LogP contribution is 2.37. The van der Waals surface area contributed by atoms with Gasteiger partial charge >= 0.3 is 0 Å². The summed E-state index contributed by atoms with van der Waals surface area (Å²) < 4.78 is 0. The van der Waals surface area contributed by atoms with E-state index >= 15 is 0 Å². The van der Waals surface area contributed by atoms with Crippen LogP contribution >= 0.6 is 0 Å². The van der Waals surface area contributed by atoms with Gasteiger partial charge in [0, 0.05) is 0 Å². The summed E-state index contributed by atoms with van der Waals surface area (Å²) in [6.07, 6.45) is 11.2. The summed E-state index contributed by atoms with van der Waals surface area (Å²) in [5.74, 6) is 2.26. The molecule has 1 saturated carbocycles. The zero-order valence-electron chi connectivity index (χ0n) is 10.8. The van der Waals surface area contributed by atoms with Crippen LogP contribution in [0.1, 0.15) is 58.8 Å². The predicted octanol–water partition coefficient (Wildman–Crippen LogP) is 3.92. The zero-order chi connectivity index (χ0) is 11.5. The number of aliphatic hydroxyl groups is 1. The molecule has 2 rings (SSSR count). The molecular weight excluding hydrogens is 196 g/mol. The van der Waals surface area contributed by atoms with Crippen LogP contribution < -0.4 is 0 Å². The third kappa shape index (κ3) is 2.88. The molecule has 1 heteroatoms. The Hall–Kier alpha value is -0.300. The van der Waals surface area contributed by atoms with Crippen molar-refractivity contribution in [3.05, 3.63) is 11.6 Å². The van der Waals surface area contributed by atoms with E-state index in [0.29, 0.717) is 5.92 Å². The first kappa shape index (κ1) is 12.2. The van der Waals surface area contributed by atoms with Gasteiger partial charge in [0.1, 0.15) is 0 Å². The molecule has 92 valence electrons. The lowest BCUT2D eigenvalue weighted by Gasteiger charge is -2.29. The molecule has 1 nitrogen and oxygen atoms in total. The van der Waals surface area contributed by atoms with Crippen molar-refractivity contribution in [1.82, 2.24) is 0 Å². The largest absolute Gasteiger partial charge is 0.393 e. The van der Waals surface area contributed by atoms with Crippen LogP contribution in [0.5, 0.6) is 0 Å². The van der Waals surface area contributed by atoms with Crippen molar-refractivity contribution < 1.29 is 5.11 Å². The summed E-state index contributed by atoms with van der Waals surface area (Å²) in [6, 6.07) is 0. The fourth-order valence-electron chi connectivity index (χ4n) is 3.46. The van der Waals surface area contributed by atoms with Crippen molar-refractivity contribution >= 4 is 0 Å². The summed E-state index contributed by atoms with van der Waals surface area (Å²) in [6.45, 7) is 4.64. The van der Waals surface area contributed by atoms with Gasteiger partial charge in [-0.3, -0.25) is 0 Å². The first-order valence-electron chi connectivity index (χ1n) is 7.00. The normalized spacial score (nSPS) is 37.2. The minimum atomic E-state index is 0.00307. The fraction of sp³-hybridized carbons (Fsp3) is 0.867. The molecule has 0 heterocycles. The lowest BCUT2D eigenvalue weighted by Crippen LogP contribution is -2.21. The second-order valence-corrected chi connectivity index (χ2v) is 6.06. The molecule has 16 heavy (non-hydrogen) atoms. The van der Waals surface area contributed by atoms with Crippen molar-refractivity contribution in [3.63, 3.8) is 0 Å². The van der Waals surface area contributed by atoms with Gasteiger partial charge in [0.15, 0.2) is 0 Å². The molecule has 2 aliphatic carbocycles. The summed E-state index contributed by atoms with van der Waals surface area (Å²) in [7, 11) is 0. The van der Waals surface area contributed by atoms with Gasteiger partial charge in [0.05, 0.1) is 6.10 Å². The Morgan fingerprint density at radius 1 is 1.38 bits per heavy atom. The van der Waals surface area contributed by atoms with Crippen molar-refractivity contribution in [2.75, 3.05) is 0 Å². The minimum Gasteiger partial charge on any atom is -0.393 e. The van der Waals surface area contributed by atoms with Gasteiger partial charge in [0.2, 0.25) is 0 Å². The smallest absolute Gasteiger partial charge is 0.0568 e. The van der Waals surface area contributed by atoms with E-state index < -0.39 is 0 Å². The maximum Gasteiger partial charge on any atom is 0.0568 e. The van der Waals surface area contributed by atoms with Crippen LogP contribution in [0, 0.1) is 17.8 Å². The second kappa shape index (κ2) is 5.35. The Labute approximate surface area is 99.9 Å². The number of allylic oxidation sites excluding steroid dienone is 2. The Bertz CT molecular complexity index is 256. The first-order valence-corrected chi connectivity index (χ1v) is 7.00. The van der Waals surface area contributed by atoms with Gasteiger partial charge in [-0.05, 0) is 63.2 Å². The average Bonchev–Trinajstić information content (AvgIpc) is 2.65. The van der Waals surface area contributed by atoms with Crippen molar-refractivity contribution in [2.45, 2.75) is 64.9 Å². The number of rotatable bonds is 3. The van der Waals surface area contributed by atoms with Crippen LogP contribution in [0.4, 0.5) is 0 Å². The van der Waals surface area contributed by atoms with Crippen molar-refractivity contribution in [1.29, 1.82) is 0 Å². The predicted molar refractivity (Wildman–Crippen MR) is 68.2 cm³/mol. The maximum absolute atomic E-state index is 9.87. The Kier molecular flexibility index (Phi) is 4.07. The Morgan fingerprint density at radius 3 is 2.75 bits per heavy atom. The Balaban J connectivity index is 1.81. The van der Waals surface area contributed by atoms with Crippen LogP contribution in [-0.4, -0.2) is 11.2 Å². The lowest BCUT2D eigenvalue weighted by molar-refractivity contribution is 0.109. The molecule has 1 N–H and O–H groups in total. The molecule has 0 radical (unpaired) electrons. The summed E-state index contributed by atoms with van der Waals surface area (Å²) in [5.41, 5.74) is 1.57. The molecule has 4 atom stereocenters. The molecule has 0 aliphatic heterocycles. The van der Waals surface area contributed by atoms with E-state index in [4.69, 9.17) is 0 Å². The SMILES string of the molecule is CC1=CC[C@H]([C@@H](C)C[C@@H]2CCC[C@@H]2O)CC1. The number of hydrogen-bond donors (Lipinski definition) is 1. The van der Waals surface area contributed by atoms with E-state index in [0.717, 1.165) is 18.3 Å². The lowest BCUT2D eigenvalue weighted by atomic mass is 9.77. The fourth-order valence-corrected chi connectivity index (χ4v) is 3.46. The second-order valence-electron chi connectivity index (χ2n) is 6.06. The minimum absolute atomic E-state index is 0.00307. The van der Waals surface area contributed by atoms with Crippen molar-refractivity contribution in [3.8, 4) is 0 Å². The highest BCUT2D eigenvalue weighted by molar-refractivity contribution is 5.03. The van der Waals surface area contributed by atoms with E-state index in [2.05, 4.69) is 19.9 Å². The maximum atomic E-state index is 9.87. The molecule has 0 aromatic heterocycles. The quantitative estimate of drug-likeness (QED) is 0.718. The summed E-state index contributed by atoms with van der Waals surface area (Å²) >= 11 is 0. The van der Waals surface area contributed by atoms with Gasteiger partial charge in [-0.25, -0.2) is 0 Å². The molecule has 0 aromatic carbocycles. The monoisotopic (exact) mass is 222 g/mol. The van der Waals surface area contributed by atoms with Crippen molar-refractivity contribution in [2.24, 2.45) is 17.8 Å². The van der Waals surface area contributed by atoms with Crippen LogP contribution in [0.3, 0.4) is 0 Å². The standard InChI is InChI=1S/C15H26O/c1-11-6-8-13(9-7-11)12(2)10-14-4-3-5-15(14)16/h6,12-16H,3-5,7-10H2,1-2H3/t12-,13-,14-,15-/m0/s1. The molecule has 2 aliphatic rings. The highest BCUT2D eigenvalue weighted by atomic mass is 16.3. The van der Waals surface area contributed by atoms with Gasteiger partial charge in [-0.1, -0.05) is 25.0 Å². The third-order valence-electron chi connectivity index (χ3n) is 4.78. The van der Waals surface area contributed by atoms with Gasteiger partial charge in [-0.2, -0.15) is 0 Å². The van der Waals surface area contributed by atoms with Gasteiger partial charge < -0.3 is 5.11 Å². The molecule has 1 fully saturated rings. The third-order valence-corrected chi connectivity index (χ3v) is 4.78. The van der Waals surface area contributed by atoms with Crippen LogP contribution in [0.2, 0.25) is 0 Å². The van der Waals surface area contributed by atoms with Gasteiger partial charge in [-0.15, -0.1) is 0 Å².